The molecule has 1 aromatic heterocycles. The van der Waals surface area contributed by atoms with Crippen LogP contribution in [0.15, 0.2) is 34.9 Å². The first-order valence-corrected chi connectivity index (χ1v) is 7.60. The number of H-pyrrole nitrogens is 1. The summed E-state index contributed by atoms with van der Waals surface area (Å²) >= 11 is 7.03. The monoisotopic (exact) mass is 383 g/mol. The summed E-state index contributed by atoms with van der Waals surface area (Å²) in [4.78, 5) is 13.9. The number of rotatable bonds is 2. The lowest BCUT2D eigenvalue weighted by Crippen LogP contribution is -2.25. The molecule has 1 aliphatic heterocycles. The van der Waals surface area contributed by atoms with Gasteiger partial charge in [0.05, 0.1) is 6.20 Å². The largest absolute Gasteiger partial charge is 0.296 e. The summed E-state index contributed by atoms with van der Waals surface area (Å²) < 4.78 is 0.986. The molecule has 0 bridgehead atoms. The number of nitrogens with one attached hydrogen (secondary N) is 1. The quantitative estimate of drug-likeness (QED) is 0.807. The average molecular weight is 385 g/mol. The number of aromatic nitrogens is 2. The predicted octanol–water partition coefficient (Wildman–Crippen LogP) is 3.34. The Bertz CT molecular complexity index is 626. The Kier molecular flexibility index (Phi) is 3.45. The molecular weight excluding hydrogens is 374 g/mol. The summed E-state index contributed by atoms with van der Waals surface area (Å²) in [6.45, 7) is 0.665. The minimum atomic E-state index is 0.111. The van der Waals surface area contributed by atoms with Gasteiger partial charge < -0.3 is 0 Å². The van der Waals surface area contributed by atoms with E-state index in [0.29, 0.717) is 13.0 Å². The van der Waals surface area contributed by atoms with E-state index in [0.717, 1.165) is 21.4 Å². The van der Waals surface area contributed by atoms with Crippen LogP contribution in [0.2, 0.25) is 0 Å². The van der Waals surface area contributed by atoms with E-state index in [1.54, 1.807) is 11.1 Å². The third kappa shape index (κ3) is 2.34. The molecule has 1 N–H and O–H groups in total. The summed E-state index contributed by atoms with van der Waals surface area (Å²) in [5, 5.41) is 7.03. The number of amides is 1. The molecule has 1 unspecified atom stereocenters. The van der Waals surface area contributed by atoms with E-state index in [-0.39, 0.29) is 10.7 Å². The van der Waals surface area contributed by atoms with Crippen LogP contribution in [0.5, 0.6) is 0 Å². The van der Waals surface area contributed by atoms with Gasteiger partial charge in [0.15, 0.2) is 0 Å². The van der Waals surface area contributed by atoms with Gasteiger partial charge in [-0.1, -0.05) is 50.1 Å². The molecule has 98 valence electrons. The van der Waals surface area contributed by atoms with Crippen molar-refractivity contribution in [2.45, 2.75) is 11.2 Å². The van der Waals surface area contributed by atoms with Crippen LogP contribution in [0.1, 0.15) is 6.42 Å². The summed E-state index contributed by atoms with van der Waals surface area (Å²) in [5.41, 5.74) is 1.96. The Morgan fingerprint density at radius 3 is 2.79 bits per heavy atom. The van der Waals surface area contributed by atoms with E-state index in [4.69, 9.17) is 0 Å². The minimum Gasteiger partial charge on any atom is -0.296 e. The Morgan fingerprint density at radius 1 is 1.32 bits per heavy atom. The molecule has 0 aliphatic carbocycles. The Balaban J connectivity index is 2.04. The Hall–Kier alpha value is -1.14. The van der Waals surface area contributed by atoms with Gasteiger partial charge in [-0.25, -0.2) is 0 Å². The van der Waals surface area contributed by atoms with Crippen molar-refractivity contribution in [2.24, 2.45) is 0 Å². The number of alkyl halides is 1. The second-order valence-corrected chi connectivity index (χ2v) is 6.57. The molecule has 6 heteroatoms. The van der Waals surface area contributed by atoms with Crippen LogP contribution in [0.3, 0.4) is 0 Å². The van der Waals surface area contributed by atoms with Crippen LogP contribution in [0.4, 0.5) is 5.82 Å². The van der Waals surface area contributed by atoms with Crippen molar-refractivity contribution in [3.05, 3.63) is 34.9 Å². The highest BCUT2D eigenvalue weighted by Crippen LogP contribution is 2.36. The number of anilines is 1. The van der Waals surface area contributed by atoms with Crippen molar-refractivity contribution < 1.29 is 4.79 Å². The number of aromatic amines is 1. The van der Waals surface area contributed by atoms with Gasteiger partial charge in [-0.15, -0.1) is 0 Å². The molecule has 1 atom stereocenters. The number of carbonyl (C=O) groups excluding carboxylic acids is 1. The van der Waals surface area contributed by atoms with E-state index < -0.39 is 0 Å². The molecule has 19 heavy (non-hydrogen) atoms. The van der Waals surface area contributed by atoms with E-state index in [9.17, 15) is 4.79 Å². The van der Waals surface area contributed by atoms with Crippen LogP contribution in [0.25, 0.3) is 11.1 Å². The fraction of sp³-hybridized carbons (Fsp3) is 0.231. The zero-order chi connectivity index (χ0) is 13.4. The molecule has 4 nitrogen and oxygen atoms in total. The van der Waals surface area contributed by atoms with Crippen molar-refractivity contribution in [3.8, 4) is 11.1 Å². The molecule has 1 aromatic carbocycles. The van der Waals surface area contributed by atoms with Crippen LogP contribution in [-0.2, 0) is 4.79 Å². The highest BCUT2D eigenvalue weighted by atomic mass is 79.9. The SMILES string of the molecule is O=C1CC(Br)CN1c1[nH]ncc1-c1ccccc1Br. The number of hydrogen-bond acceptors (Lipinski definition) is 2. The maximum absolute atomic E-state index is 12.0. The molecule has 1 fully saturated rings. The molecule has 0 spiro atoms. The maximum Gasteiger partial charge on any atom is 0.229 e. The molecule has 1 aliphatic rings. The van der Waals surface area contributed by atoms with Crippen LogP contribution < -0.4 is 4.90 Å². The molecule has 1 saturated heterocycles. The van der Waals surface area contributed by atoms with Gasteiger partial charge in [0.2, 0.25) is 5.91 Å². The van der Waals surface area contributed by atoms with Crippen LogP contribution in [0, 0.1) is 0 Å². The number of benzene rings is 1. The second-order valence-electron chi connectivity index (χ2n) is 4.42. The standard InChI is InChI=1S/C13H11Br2N3O/c14-8-5-12(19)18(7-8)13-10(6-16-17-13)9-3-1-2-4-11(9)15/h1-4,6,8H,5,7H2,(H,16,17). The average Bonchev–Trinajstić information content (AvgIpc) is 2.96. The number of nitrogens with zero attached hydrogens (tertiary/aromatic N) is 2. The van der Waals surface area contributed by atoms with Gasteiger partial charge in [-0.05, 0) is 6.07 Å². The normalized spacial score (nSPS) is 19.2. The lowest BCUT2D eigenvalue weighted by Gasteiger charge is -2.16. The third-order valence-corrected chi connectivity index (χ3v) is 4.44. The minimum absolute atomic E-state index is 0.111. The Morgan fingerprint density at radius 2 is 2.11 bits per heavy atom. The maximum atomic E-state index is 12.0. The lowest BCUT2D eigenvalue weighted by molar-refractivity contribution is -0.117. The first kappa shape index (κ1) is 12.9. The summed E-state index contributed by atoms with van der Waals surface area (Å²) in [7, 11) is 0. The molecule has 0 saturated carbocycles. The van der Waals surface area contributed by atoms with Gasteiger partial charge in [0.1, 0.15) is 5.82 Å². The summed E-state index contributed by atoms with van der Waals surface area (Å²) in [6.07, 6.45) is 2.28. The Labute approximate surface area is 127 Å². The molecular formula is C13H11Br2N3O. The zero-order valence-electron chi connectivity index (χ0n) is 9.94. The predicted molar refractivity (Wildman–Crippen MR) is 81.4 cm³/mol. The van der Waals surface area contributed by atoms with E-state index >= 15 is 0 Å². The van der Waals surface area contributed by atoms with Crippen LogP contribution in [-0.4, -0.2) is 27.5 Å². The molecule has 0 radical (unpaired) electrons. The van der Waals surface area contributed by atoms with Crippen molar-refractivity contribution in [1.82, 2.24) is 10.2 Å². The van der Waals surface area contributed by atoms with E-state index in [1.807, 2.05) is 24.3 Å². The fourth-order valence-electron chi connectivity index (χ4n) is 2.24. The molecule has 3 rings (SSSR count). The topological polar surface area (TPSA) is 49.0 Å². The van der Waals surface area contributed by atoms with Crippen molar-refractivity contribution in [1.29, 1.82) is 0 Å². The number of hydrogen-bond donors (Lipinski definition) is 1. The first-order chi connectivity index (χ1) is 9.16. The van der Waals surface area contributed by atoms with Gasteiger partial charge in [-0.3, -0.25) is 14.8 Å². The lowest BCUT2D eigenvalue weighted by atomic mass is 10.1. The van der Waals surface area contributed by atoms with Gasteiger partial charge in [0, 0.05) is 33.4 Å². The number of carbonyl (C=O) groups is 1. The van der Waals surface area contributed by atoms with E-state index in [1.165, 1.54) is 0 Å². The van der Waals surface area contributed by atoms with Gasteiger partial charge in [-0.2, -0.15) is 5.10 Å². The van der Waals surface area contributed by atoms with E-state index in [2.05, 4.69) is 42.1 Å². The zero-order valence-corrected chi connectivity index (χ0v) is 13.1. The fourth-order valence-corrected chi connectivity index (χ4v) is 3.31. The highest BCUT2D eigenvalue weighted by molar-refractivity contribution is 9.10. The van der Waals surface area contributed by atoms with Crippen molar-refractivity contribution in [3.63, 3.8) is 0 Å². The van der Waals surface area contributed by atoms with Crippen molar-refractivity contribution in [2.75, 3.05) is 11.4 Å². The summed E-state index contributed by atoms with van der Waals surface area (Å²) in [6, 6.07) is 7.91. The van der Waals surface area contributed by atoms with Gasteiger partial charge >= 0.3 is 0 Å². The molecule has 1 amide bonds. The van der Waals surface area contributed by atoms with Gasteiger partial charge in [0.25, 0.3) is 0 Å². The summed E-state index contributed by atoms with van der Waals surface area (Å²) in [5.74, 6) is 0.873. The second kappa shape index (κ2) is 5.09. The first-order valence-electron chi connectivity index (χ1n) is 5.89. The third-order valence-electron chi connectivity index (χ3n) is 3.13. The smallest absolute Gasteiger partial charge is 0.229 e. The highest BCUT2D eigenvalue weighted by Gasteiger charge is 2.31. The van der Waals surface area contributed by atoms with Crippen LogP contribution >= 0.6 is 31.9 Å². The van der Waals surface area contributed by atoms with Crippen molar-refractivity contribution >= 4 is 43.6 Å². The number of halogens is 2. The molecule has 2 aromatic rings. The molecule has 2 heterocycles.